The van der Waals surface area contributed by atoms with Gasteiger partial charge in [-0.15, -0.1) is 0 Å². The summed E-state index contributed by atoms with van der Waals surface area (Å²) in [4.78, 5) is 37.1. The Labute approximate surface area is 164 Å². The first-order chi connectivity index (χ1) is 13.5. The van der Waals surface area contributed by atoms with Crippen molar-refractivity contribution >= 4 is 34.0 Å². The molecule has 4 aromatic rings. The Morgan fingerprint density at radius 3 is 2.86 bits per heavy atom. The lowest BCUT2D eigenvalue weighted by atomic mass is 10.3. The first-order valence-corrected chi connectivity index (χ1v) is 9.75. The summed E-state index contributed by atoms with van der Waals surface area (Å²) in [5.41, 5.74) is 1.96. The maximum Gasteiger partial charge on any atom is 0.332 e. The molecule has 0 saturated carbocycles. The number of aromatic nitrogens is 6. The number of benzene rings is 1. The highest BCUT2D eigenvalue weighted by molar-refractivity contribution is 7.99. The summed E-state index contributed by atoms with van der Waals surface area (Å²) in [7, 11) is 5.01. The summed E-state index contributed by atoms with van der Waals surface area (Å²) in [6, 6.07) is 5.67. The van der Waals surface area contributed by atoms with Gasteiger partial charge in [-0.25, -0.2) is 14.8 Å². The van der Waals surface area contributed by atoms with Crippen LogP contribution in [0, 0.1) is 0 Å². The largest absolute Gasteiger partial charge is 0.497 e. The lowest BCUT2D eigenvalue weighted by Gasteiger charge is -2.08. The number of aryl methyl sites for hydroxylation is 2. The van der Waals surface area contributed by atoms with Crippen molar-refractivity contribution in [2.24, 2.45) is 14.1 Å². The van der Waals surface area contributed by atoms with Crippen LogP contribution in [-0.4, -0.2) is 41.5 Å². The molecule has 0 aliphatic heterocycles. The number of hydrogen-bond acceptors (Lipinski definition) is 6. The molecule has 28 heavy (non-hydrogen) atoms. The fourth-order valence-electron chi connectivity index (χ4n) is 3.15. The van der Waals surface area contributed by atoms with E-state index in [-0.39, 0.29) is 11.2 Å². The van der Waals surface area contributed by atoms with Crippen LogP contribution in [-0.2, 0) is 20.6 Å². The molecule has 0 unspecified atom stereocenters. The van der Waals surface area contributed by atoms with Crippen LogP contribution >= 0.6 is 11.8 Å². The molecule has 0 saturated heterocycles. The van der Waals surface area contributed by atoms with Gasteiger partial charge >= 0.3 is 5.69 Å². The highest BCUT2D eigenvalue weighted by atomic mass is 32.2. The molecule has 3 aromatic heterocycles. The van der Waals surface area contributed by atoms with E-state index in [2.05, 4.69) is 15.0 Å². The third kappa shape index (κ3) is 3.09. The minimum Gasteiger partial charge on any atom is -0.497 e. The number of nitrogens with one attached hydrogen (secondary N) is 1. The summed E-state index contributed by atoms with van der Waals surface area (Å²) in [6.45, 7) is 0.341. The van der Waals surface area contributed by atoms with E-state index in [1.54, 1.807) is 43.9 Å². The summed E-state index contributed by atoms with van der Waals surface area (Å²) < 4.78 is 9.55. The number of rotatable bonds is 6. The van der Waals surface area contributed by atoms with Crippen molar-refractivity contribution in [2.75, 3.05) is 12.9 Å². The van der Waals surface area contributed by atoms with Crippen molar-refractivity contribution in [2.45, 2.75) is 18.1 Å². The quantitative estimate of drug-likeness (QED) is 0.389. The van der Waals surface area contributed by atoms with Crippen molar-refractivity contribution in [1.82, 2.24) is 28.7 Å². The number of fused-ring (bicyclic) bond motifs is 2. The molecule has 10 heteroatoms. The lowest BCUT2D eigenvalue weighted by Crippen LogP contribution is -2.39. The van der Waals surface area contributed by atoms with Gasteiger partial charge in [0, 0.05) is 32.5 Å². The van der Waals surface area contributed by atoms with Gasteiger partial charge in [-0.05, 0) is 18.6 Å². The van der Waals surface area contributed by atoms with E-state index >= 15 is 0 Å². The van der Waals surface area contributed by atoms with Crippen LogP contribution < -0.4 is 16.0 Å². The molecule has 0 fully saturated rings. The zero-order chi connectivity index (χ0) is 19.8. The summed E-state index contributed by atoms with van der Waals surface area (Å²) in [5, 5.41) is 0.797. The number of imidazole rings is 2. The van der Waals surface area contributed by atoms with E-state index in [0.29, 0.717) is 24.1 Å². The molecule has 0 spiro atoms. The van der Waals surface area contributed by atoms with Crippen LogP contribution in [0.3, 0.4) is 0 Å². The maximum atomic E-state index is 12.7. The van der Waals surface area contributed by atoms with E-state index in [1.807, 2.05) is 18.2 Å². The average Bonchev–Trinajstić information content (AvgIpc) is 3.28. The van der Waals surface area contributed by atoms with Crippen LogP contribution in [0.25, 0.3) is 22.2 Å². The minimum absolute atomic E-state index is 0.307. The maximum absolute atomic E-state index is 12.7. The SMILES string of the molecule is COc1ccc2nc(SCCCn3c(=O)c4c(ncn4C)n(C)c3=O)[nH]c2c1. The number of methoxy groups -OCH3 is 1. The van der Waals surface area contributed by atoms with E-state index in [4.69, 9.17) is 4.74 Å². The number of H-pyrrole nitrogens is 1. The van der Waals surface area contributed by atoms with Crippen molar-refractivity contribution in [3.63, 3.8) is 0 Å². The molecule has 9 nitrogen and oxygen atoms in total. The molecule has 0 amide bonds. The smallest absolute Gasteiger partial charge is 0.332 e. The molecule has 3 heterocycles. The molecule has 0 atom stereocenters. The Morgan fingerprint density at radius 2 is 2.07 bits per heavy atom. The highest BCUT2D eigenvalue weighted by Gasteiger charge is 2.14. The second-order valence-corrected chi connectivity index (χ2v) is 7.54. The lowest BCUT2D eigenvalue weighted by molar-refractivity contribution is 0.415. The van der Waals surface area contributed by atoms with Gasteiger partial charge in [-0.1, -0.05) is 11.8 Å². The molecule has 1 N–H and O–H groups in total. The van der Waals surface area contributed by atoms with Crippen molar-refractivity contribution < 1.29 is 4.74 Å². The number of hydrogen-bond donors (Lipinski definition) is 1. The number of ether oxygens (including phenoxy) is 1. The first kappa shape index (κ1) is 18.4. The summed E-state index contributed by atoms with van der Waals surface area (Å²) in [6.07, 6.45) is 2.20. The number of aromatic amines is 1. The standard InChI is InChI=1S/C18H20N6O3S/c1-22-10-19-15-14(22)16(25)24(18(26)23(15)2)7-4-8-28-17-20-12-6-5-11(27-3)9-13(12)21-17/h5-6,9-10H,4,7-8H2,1-3H3,(H,20,21). The van der Waals surface area contributed by atoms with Gasteiger partial charge < -0.3 is 14.3 Å². The molecular weight excluding hydrogens is 380 g/mol. The molecule has 0 aliphatic carbocycles. The van der Waals surface area contributed by atoms with Gasteiger partial charge in [0.2, 0.25) is 0 Å². The fraction of sp³-hybridized carbons (Fsp3) is 0.333. The molecule has 146 valence electrons. The molecule has 0 bridgehead atoms. The van der Waals surface area contributed by atoms with Crippen molar-refractivity contribution in [3.8, 4) is 5.75 Å². The van der Waals surface area contributed by atoms with Gasteiger partial charge in [-0.3, -0.25) is 13.9 Å². The average molecular weight is 400 g/mol. The molecular formula is C18H20N6O3S. The fourth-order valence-corrected chi connectivity index (χ4v) is 3.96. The normalized spacial score (nSPS) is 11.5. The van der Waals surface area contributed by atoms with Crippen LogP contribution in [0.15, 0.2) is 39.3 Å². The first-order valence-electron chi connectivity index (χ1n) is 8.77. The third-order valence-corrected chi connectivity index (χ3v) is 5.59. The van der Waals surface area contributed by atoms with Gasteiger partial charge in [0.05, 0.1) is 24.5 Å². The zero-order valence-electron chi connectivity index (χ0n) is 15.8. The topological polar surface area (TPSA) is 99.7 Å². The Balaban J connectivity index is 1.48. The monoisotopic (exact) mass is 400 g/mol. The molecule has 0 aliphatic rings. The minimum atomic E-state index is -0.350. The summed E-state index contributed by atoms with van der Waals surface area (Å²) in [5.74, 6) is 1.49. The van der Waals surface area contributed by atoms with E-state index < -0.39 is 0 Å². The summed E-state index contributed by atoms with van der Waals surface area (Å²) >= 11 is 1.55. The van der Waals surface area contributed by atoms with Crippen LogP contribution in [0.5, 0.6) is 5.75 Å². The Hall–Kier alpha value is -3.01. The van der Waals surface area contributed by atoms with Gasteiger partial charge in [0.1, 0.15) is 5.75 Å². The second kappa shape index (κ2) is 7.19. The van der Waals surface area contributed by atoms with Crippen molar-refractivity contribution in [3.05, 3.63) is 45.4 Å². The number of nitrogens with zero attached hydrogens (tertiary/aromatic N) is 5. The van der Waals surface area contributed by atoms with Gasteiger partial charge in [0.15, 0.2) is 16.3 Å². The van der Waals surface area contributed by atoms with Crippen molar-refractivity contribution in [1.29, 1.82) is 0 Å². The predicted molar refractivity (Wildman–Crippen MR) is 108 cm³/mol. The third-order valence-electron chi connectivity index (χ3n) is 4.63. The molecule has 0 radical (unpaired) electrons. The van der Waals surface area contributed by atoms with Crippen LogP contribution in [0.2, 0.25) is 0 Å². The predicted octanol–water partition coefficient (Wildman–Crippen LogP) is 1.50. The molecule has 1 aromatic carbocycles. The van der Waals surface area contributed by atoms with E-state index in [1.165, 1.54) is 9.13 Å². The van der Waals surface area contributed by atoms with E-state index in [9.17, 15) is 9.59 Å². The van der Waals surface area contributed by atoms with Gasteiger partial charge in [-0.2, -0.15) is 0 Å². The highest BCUT2D eigenvalue weighted by Crippen LogP contribution is 2.23. The van der Waals surface area contributed by atoms with Crippen LogP contribution in [0.4, 0.5) is 0 Å². The Bertz CT molecular complexity index is 1280. The molecule has 4 rings (SSSR count). The zero-order valence-corrected chi connectivity index (χ0v) is 16.6. The Morgan fingerprint density at radius 1 is 1.25 bits per heavy atom. The number of thioether (sulfide) groups is 1. The van der Waals surface area contributed by atoms with E-state index in [0.717, 1.165) is 27.7 Å². The van der Waals surface area contributed by atoms with Crippen LogP contribution in [0.1, 0.15) is 6.42 Å². The van der Waals surface area contributed by atoms with Gasteiger partial charge in [0.25, 0.3) is 5.56 Å². The Kier molecular flexibility index (Phi) is 4.71. The second-order valence-electron chi connectivity index (χ2n) is 6.45.